The van der Waals surface area contributed by atoms with Crippen LogP contribution in [0, 0.1) is 0 Å². The number of rotatable bonds is 7. The lowest BCUT2D eigenvalue weighted by atomic mass is 9.70. The van der Waals surface area contributed by atoms with E-state index in [-0.39, 0.29) is 5.41 Å². The van der Waals surface area contributed by atoms with Gasteiger partial charge in [-0.25, -0.2) is 0 Å². The van der Waals surface area contributed by atoms with E-state index in [1.165, 1.54) is 77.9 Å². The number of hydrogen-bond donors (Lipinski definition) is 0. The molecule has 0 unspecified atom stereocenters. The highest BCUT2D eigenvalue weighted by atomic mass is 15.1. The molecule has 9 aromatic rings. The number of fused-ring (bicyclic) bond motifs is 10. The number of anilines is 3. The van der Waals surface area contributed by atoms with Crippen LogP contribution in [-0.4, -0.2) is 0 Å². The first-order chi connectivity index (χ1) is 29.0. The summed E-state index contributed by atoms with van der Waals surface area (Å²) in [4.78, 5) is 2.40. The van der Waals surface area contributed by atoms with Crippen molar-refractivity contribution in [1.29, 1.82) is 0 Å². The molecule has 0 fully saturated rings. The van der Waals surface area contributed by atoms with Crippen LogP contribution in [0.25, 0.3) is 44.5 Å². The maximum atomic E-state index is 2.45. The highest BCUT2D eigenvalue weighted by molar-refractivity contribution is 5.97. The molecule has 0 saturated carbocycles. The summed E-state index contributed by atoms with van der Waals surface area (Å²) >= 11 is 0. The molecule has 2 aliphatic rings. The maximum absolute atomic E-state index is 2.45. The van der Waals surface area contributed by atoms with Crippen LogP contribution >= 0.6 is 0 Å². The smallest absolute Gasteiger partial charge is 0.0725 e. The predicted molar refractivity (Wildman–Crippen MR) is 247 cm³/mol. The van der Waals surface area contributed by atoms with E-state index in [4.69, 9.17) is 0 Å². The van der Waals surface area contributed by atoms with Gasteiger partial charge in [-0.2, -0.15) is 0 Å². The summed E-state index contributed by atoms with van der Waals surface area (Å²) < 4.78 is 0. The van der Waals surface area contributed by atoms with Gasteiger partial charge in [0.1, 0.15) is 0 Å². The molecule has 0 aromatic heterocycles. The normalized spacial score (nSPS) is 13.1. The van der Waals surface area contributed by atoms with Gasteiger partial charge in [-0.15, -0.1) is 0 Å². The van der Waals surface area contributed by atoms with Crippen molar-refractivity contribution >= 4 is 17.1 Å². The molecule has 9 aromatic carbocycles. The molecule has 0 aliphatic heterocycles. The molecule has 59 heavy (non-hydrogen) atoms. The molecule has 0 bridgehead atoms. The molecule has 0 N–H and O–H groups in total. The van der Waals surface area contributed by atoms with E-state index in [0.29, 0.717) is 0 Å². The summed E-state index contributed by atoms with van der Waals surface area (Å²) in [6.07, 6.45) is 0. The van der Waals surface area contributed by atoms with Gasteiger partial charge in [-0.05, 0) is 120 Å². The second-order valence-corrected chi connectivity index (χ2v) is 16.5. The Hall–Kier alpha value is -7.22. The Morgan fingerprint density at radius 3 is 1.36 bits per heavy atom. The molecule has 280 valence electrons. The van der Waals surface area contributed by atoms with E-state index in [1.54, 1.807) is 0 Å². The molecule has 1 heteroatoms. The highest BCUT2D eigenvalue weighted by Gasteiger charge is 2.51. The molecule has 0 radical (unpaired) electrons. The summed E-state index contributed by atoms with van der Waals surface area (Å²) in [5.41, 5.74) is 20.9. The van der Waals surface area contributed by atoms with Crippen molar-refractivity contribution in [3.05, 3.63) is 258 Å². The first-order valence-corrected chi connectivity index (χ1v) is 20.7. The van der Waals surface area contributed by atoms with Gasteiger partial charge in [0.05, 0.1) is 5.41 Å². The minimum absolute atomic E-state index is 0.102. The van der Waals surface area contributed by atoms with Crippen molar-refractivity contribution in [2.24, 2.45) is 0 Å². The second-order valence-electron chi connectivity index (χ2n) is 16.5. The van der Waals surface area contributed by atoms with E-state index in [0.717, 1.165) is 17.1 Å². The van der Waals surface area contributed by atoms with Crippen LogP contribution in [0.5, 0.6) is 0 Å². The Morgan fingerprint density at radius 2 is 0.712 bits per heavy atom. The molecular formula is C58H43N. The van der Waals surface area contributed by atoms with Gasteiger partial charge >= 0.3 is 0 Å². The zero-order valence-corrected chi connectivity index (χ0v) is 33.3. The number of hydrogen-bond acceptors (Lipinski definition) is 1. The third-order valence-electron chi connectivity index (χ3n) is 13.0. The Morgan fingerprint density at radius 1 is 0.305 bits per heavy atom. The van der Waals surface area contributed by atoms with Gasteiger partial charge in [0.15, 0.2) is 0 Å². The first-order valence-electron chi connectivity index (χ1n) is 20.7. The average molecular weight is 754 g/mol. The van der Waals surface area contributed by atoms with Crippen molar-refractivity contribution in [2.45, 2.75) is 24.7 Å². The largest absolute Gasteiger partial charge is 0.310 e. The highest BCUT2D eigenvalue weighted by Crippen LogP contribution is 2.63. The monoisotopic (exact) mass is 753 g/mol. The summed E-state index contributed by atoms with van der Waals surface area (Å²) in [5.74, 6) is 0. The van der Waals surface area contributed by atoms with Crippen molar-refractivity contribution < 1.29 is 0 Å². The Bertz CT molecular complexity index is 2930. The predicted octanol–water partition coefficient (Wildman–Crippen LogP) is 15.2. The Labute approximate surface area is 347 Å². The topological polar surface area (TPSA) is 3.24 Å². The Balaban J connectivity index is 1.09. The lowest BCUT2D eigenvalue weighted by molar-refractivity contribution is 0.641. The quantitative estimate of drug-likeness (QED) is 0.157. The van der Waals surface area contributed by atoms with E-state index >= 15 is 0 Å². The summed E-state index contributed by atoms with van der Waals surface area (Å²) in [7, 11) is 0. The fraction of sp³-hybridized carbons (Fsp3) is 0.0690. The maximum Gasteiger partial charge on any atom is 0.0725 e. The molecule has 0 amide bonds. The summed E-state index contributed by atoms with van der Waals surface area (Å²) in [6.45, 7) is 4.63. The van der Waals surface area contributed by atoms with E-state index in [2.05, 4.69) is 243 Å². The lowest BCUT2D eigenvalue weighted by Gasteiger charge is -2.31. The van der Waals surface area contributed by atoms with Crippen LogP contribution in [0.2, 0.25) is 0 Å². The van der Waals surface area contributed by atoms with E-state index in [1.807, 2.05) is 0 Å². The zero-order valence-electron chi connectivity index (χ0n) is 33.3. The van der Waals surface area contributed by atoms with Crippen LogP contribution in [-0.2, 0) is 10.8 Å². The molecule has 0 atom stereocenters. The summed E-state index contributed by atoms with van der Waals surface area (Å²) in [6, 6.07) is 82.9. The third-order valence-corrected chi connectivity index (χ3v) is 13.0. The van der Waals surface area contributed by atoms with Crippen LogP contribution in [0.3, 0.4) is 0 Å². The molecule has 11 rings (SSSR count). The van der Waals surface area contributed by atoms with Gasteiger partial charge in [-0.1, -0.05) is 196 Å². The molecule has 1 nitrogen and oxygen atoms in total. The van der Waals surface area contributed by atoms with Crippen molar-refractivity contribution in [1.82, 2.24) is 0 Å². The lowest BCUT2D eigenvalue weighted by Crippen LogP contribution is -2.25. The summed E-state index contributed by atoms with van der Waals surface area (Å²) in [5, 5.41) is 0. The molecule has 0 heterocycles. The van der Waals surface area contributed by atoms with Gasteiger partial charge in [0.25, 0.3) is 0 Å². The van der Waals surface area contributed by atoms with E-state index < -0.39 is 5.41 Å². The SMILES string of the molecule is CC(C)(c1ccccc1)c1ccc(-c2ccc3c(c2)-c2cc(N(c4ccccc4)c4ccc(-c5ccccc5)cc4)ccc2C32c3ccccc3-c3ccccc32)cc1. The van der Waals surface area contributed by atoms with Gasteiger partial charge in [0.2, 0.25) is 0 Å². The second kappa shape index (κ2) is 13.7. The molecule has 1 spiro atoms. The minimum atomic E-state index is -0.423. The van der Waals surface area contributed by atoms with Gasteiger partial charge < -0.3 is 4.90 Å². The van der Waals surface area contributed by atoms with Crippen molar-refractivity contribution in [3.8, 4) is 44.5 Å². The van der Waals surface area contributed by atoms with E-state index in [9.17, 15) is 0 Å². The third kappa shape index (κ3) is 5.46. The number of para-hydroxylation sites is 1. The van der Waals surface area contributed by atoms with Crippen LogP contribution in [0.4, 0.5) is 17.1 Å². The first kappa shape index (κ1) is 35.0. The number of nitrogens with zero attached hydrogens (tertiary/aromatic N) is 1. The Kier molecular flexibility index (Phi) is 8.13. The van der Waals surface area contributed by atoms with Gasteiger partial charge in [0, 0.05) is 22.5 Å². The van der Waals surface area contributed by atoms with Crippen LogP contribution in [0.15, 0.2) is 224 Å². The van der Waals surface area contributed by atoms with Crippen LogP contribution < -0.4 is 4.90 Å². The van der Waals surface area contributed by atoms with Crippen LogP contribution in [0.1, 0.15) is 47.2 Å². The average Bonchev–Trinajstić information content (AvgIpc) is 3.77. The fourth-order valence-corrected chi connectivity index (χ4v) is 10.0. The zero-order chi connectivity index (χ0) is 39.6. The fourth-order valence-electron chi connectivity index (χ4n) is 10.0. The van der Waals surface area contributed by atoms with Crippen molar-refractivity contribution in [2.75, 3.05) is 4.90 Å². The molecular weight excluding hydrogens is 711 g/mol. The number of benzene rings is 9. The molecule has 2 aliphatic carbocycles. The standard InChI is InChI=1S/C58H43N/c1-57(2,44-18-8-4-9-19-44)45-31-26-42(27-32-45)43-30-36-55-51(38-43)52-39-48(35-37-56(52)58(55)53-24-14-12-22-49(53)50-23-13-15-25-54(50)58)59(46-20-10-5-11-21-46)47-33-28-41(29-34-47)40-16-6-3-7-17-40/h3-39H,1-2H3. The van der Waals surface area contributed by atoms with Gasteiger partial charge in [-0.3, -0.25) is 0 Å². The van der Waals surface area contributed by atoms with Crippen molar-refractivity contribution in [3.63, 3.8) is 0 Å². The molecule has 0 saturated heterocycles. The minimum Gasteiger partial charge on any atom is -0.310 e.